The van der Waals surface area contributed by atoms with Gasteiger partial charge in [0.1, 0.15) is 0 Å². The summed E-state index contributed by atoms with van der Waals surface area (Å²) in [7, 11) is -0.924. The van der Waals surface area contributed by atoms with Crippen LogP contribution in [0.4, 0.5) is 5.69 Å². The van der Waals surface area contributed by atoms with Gasteiger partial charge in [0.2, 0.25) is 0 Å². The SMILES string of the molecule is CCCNCc1c(Cl)cccc1N(C)C1CCS(=O)(=O)C1. The first-order chi connectivity index (χ1) is 9.94. The minimum Gasteiger partial charge on any atom is -0.370 e. The number of anilines is 1. The molecule has 0 amide bonds. The Morgan fingerprint density at radius 3 is 2.81 bits per heavy atom. The van der Waals surface area contributed by atoms with Gasteiger partial charge >= 0.3 is 0 Å². The lowest BCUT2D eigenvalue weighted by molar-refractivity contribution is 0.600. The molecule has 0 aliphatic carbocycles. The van der Waals surface area contributed by atoms with Crippen LogP contribution in [0.15, 0.2) is 18.2 Å². The smallest absolute Gasteiger partial charge is 0.152 e. The third kappa shape index (κ3) is 4.11. The van der Waals surface area contributed by atoms with Crippen molar-refractivity contribution in [2.24, 2.45) is 0 Å². The number of nitrogens with zero attached hydrogens (tertiary/aromatic N) is 1. The van der Waals surface area contributed by atoms with E-state index >= 15 is 0 Å². The van der Waals surface area contributed by atoms with Crippen LogP contribution in [0.3, 0.4) is 0 Å². The van der Waals surface area contributed by atoms with E-state index in [-0.39, 0.29) is 17.5 Å². The summed E-state index contributed by atoms with van der Waals surface area (Å²) in [6.07, 6.45) is 1.75. The molecule has 1 aliphatic heterocycles. The first-order valence-corrected chi connectivity index (χ1v) is 9.56. The largest absolute Gasteiger partial charge is 0.370 e. The summed E-state index contributed by atoms with van der Waals surface area (Å²) in [5.74, 6) is 0.518. The van der Waals surface area contributed by atoms with Crippen molar-refractivity contribution in [3.8, 4) is 0 Å². The third-order valence-electron chi connectivity index (χ3n) is 3.96. The van der Waals surface area contributed by atoms with Gasteiger partial charge in [-0.3, -0.25) is 0 Å². The first kappa shape index (κ1) is 16.6. The molecule has 1 unspecified atom stereocenters. The van der Waals surface area contributed by atoms with Crippen molar-refractivity contribution in [1.82, 2.24) is 5.32 Å². The monoisotopic (exact) mass is 330 g/mol. The fourth-order valence-corrected chi connectivity index (χ4v) is 4.73. The summed E-state index contributed by atoms with van der Waals surface area (Å²) in [5.41, 5.74) is 2.06. The second kappa shape index (κ2) is 6.99. The molecule has 0 bridgehead atoms. The van der Waals surface area contributed by atoms with Crippen LogP contribution < -0.4 is 10.2 Å². The van der Waals surface area contributed by atoms with Gasteiger partial charge in [-0.1, -0.05) is 24.6 Å². The first-order valence-electron chi connectivity index (χ1n) is 7.36. The summed E-state index contributed by atoms with van der Waals surface area (Å²) >= 11 is 6.33. The molecule has 1 aliphatic rings. The van der Waals surface area contributed by atoms with Crippen molar-refractivity contribution in [3.05, 3.63) is 28.8 Å². The Morgan fingerprint density at radius 1 is 1.43 bits per heavy atom. The average Bonchev–Trinajstić information content (AvgIpc) is 2.80. The van der Waals surface area contributed by atoms with E-state index in [0.717, 1.165) is 29.2 Å². The van der Waals surface area contributed by atoms with Gasteiger partial charge in [-0.25, -0.2) is 8.42 Å². The lowest BCUT2D eigenvalue weighted by atomic mass is 10.1. The van der Waals surface area contributed by atoms with Crippen molar-refractivity contribution in [1.29, 1.82) is 0 Å². The maximum Gasteiger partial charge on any atom is 0.152 e. The minimum absolute atomic E-state index is 0.0402. The molecule has 1 atom stereocenters. The number of halogens is 1. The van der Waals surface area contributed by atoms with E-state index in [1.807, 2.05) is 25.2 Å². The van der Waals surface area contributed by atoms with Crippen LogP contribution in [0.25, 0.3) is 0 Å². The molecule has 118 valence electrons. The van der Waals surface area contributed by atoms with Gasteiger partial charge in [-0.15, -0.1) is 0 Å². The van der Waals surface area contributed by atoms with Gasteiger partial charge in [0, 0.05) is 35.9 Å². The Hall–Kier alpha value is -0.780. The van der Waals surface area contributed by atoms with E-state index in [4.69, 9.17) is 11.6 Å². The maximum atomic E-state index is 11.7. The molecule has 1 N–H and O–H groups in total. The molecule has 0 saturated carbocycles. The predicted octanol–water partition coefficient (Wildman–Crippen LogP) is 2.46. The zero-order chi connectivity index (χ0) is 15.5. The molecule has 0 aromatic heterocycles. The zero-order valence-corrected chi connectivity index (χ0v) is 14.2. The van der Waals surface area contributed by atoms with Crippen LogP contribution in [0.1, 0.15) is 25.3 Å². The van der Waals surface area contributed by atoms with E-state index in [9.17, 15) is 8.42 Å². The van der Waals surface area contributed by atoms with Gasteiger partial charge in [0.25, 0.3) is 0 Å². The third-order valence-corrected chi connectivity index (χ3v) is 6.06. The van der Waals surface area contributed by atoms with Crippen LogP contribution in [0.2, 0.25) is 5.02 Å². The van der Waals surface area contributed by atoms with Crippen LogP contribution in [-0.2, 0) is 16.4 Å². The highest BCUT2D eigenvalue weighted by atomic mass is 35.5. The predicted molar refractivity (Wildman–Crippen MR) is 88.9 cm³/mol. The van der Waals surface area contributed by atoms with Gasteiger partial charge in [-0.2, -0.15) is 0 Å². The number of rotatable bonds is 6. The highest BCUT2D eigenvalue weighted by Crippen LogP contribution is 2.30. The summed E-state index contributed by atoms with van der Waals surface area (Å²) < 4.78 is 23.3. The van der Waals surface area contributed by atoms with Crippen molar-refractivity contribution in [2.45, 2.75) is 32.4 Å². The molecule has 2 rings (SSSR count). The Kier molecular flexibility index (Phi) is 5.52. The Bertz CT molecular complexity index is 589. The quantitative estimate of drug-likeness (QED) is 0.814. The van der Waals surface area contributed by atoms with Crippen LogP contribution in [0, 0.1) is 0 Å². The second-order valence-electron chi connectivity index (χ2n) is 5.58. The fourth-order valence-electron chi connectivity index (χ4n) is 2.72. The standard InChI is InChI=1S/C15H23ClN2O2S/c1-3-8-17-10-13-14(16)5-4-6-15(13)18(2)12-7-9-21(19,20)11-12/h4-6,12,17H,3,7-11H2,1-2H3. The molecule has 21 heavy (non-hydrogen) atoms. The molecule has 0 radical (unpaired) electrons. The molecule has 1 heterocycles. The highest BCUT2D eigenvalue weighted by Gasteiger charge is 2.31. The topological polar surface area (TPSA) is 49.4 Å². The molecule has 0 spiro atoms. The molecule has 1 aromatic carbocycles. The van der Waals surface area contributed by atoms with Crippen molar-refractivity contribution >= 4 is 27.1 Å². The molecular weight excluding hydrogens is 308 g/mol. The van der Waals surface area contributed by atoms with Gasteiger partial charge < -0.3 is 10.2 Å². The van der Waals surface area contributed by atoms with E-state index in [1.165, 1.54) is 0 Å². The highest BCUT2D eigenvalue weighted by molar-refractivity contribution is 7.91. The Morgan fingerprint density at radius 2 is 2.19 bits per heavy atom. The maximum absolute atomic E-state index is 11.7. The molecule has 1 fully saturated rings. The summed E-state index contributed by atoms with van der Waals surface area (Å²) in [6.45, 7) is 3.76. The normalized spacial score (nSPS) is 20.6. The van der Waals surface area contributed by atoms with E-state index in [1.54, 1.807) is 0 Å². The molecule has 4 nitrogen and oxygen atoms in total. The average molecular weight is 331 g/mol. The zero-order valence-electron chi connectivity index (χ0n) is 12.6. The summed E-state index contributed by atoms with van der Waals surface area (Å²) in [4.78, 5) is 2.07. The van der Waals surface area contributed by atoms with Crippen LogP contribution >= 0.6 is 11.6 Å². The number of benzene rings is 1. The second-order valence-corrected chi connectivity index (χ2v) is 8.22. The summed E-state index contributed by atoms with van der Waals surface area (Å²) in [5, 5.41) is 4.09. The Balaban J connectivity index is 2.20. The number of nitrogens with one attached hydrogen (secondary N) is 1. The molecule has 6 heteroatoms. The lowest BCUT2D eigenvalue weighted by Gasteiger charge is -2.28. The lowest BCUT2D eigenvalue weighted by Crippen LogP contribution is -2.33. The Labute approximate surface area is 132 Å². The summed E-state index contributed by atoms with van der Waals surface area (Å²) in [6, 6.07) is 5.85. The number of sulfone groups is 1. The molecule has 1 aromatic rings. The number of hydrogen-bond acceptors (Lipinski definition) is 4. The van der Waals surface area contributed by atoms with Gasteiger partial charge in [0.15, 0.2) is 9.84 Å². The minimum atomic E-state index is -2.88. The molecular formula is C15H23ClN2O2S. The van der Waals surface area contributed by atoms with Crippen molar-refractivity contribution in [2.75, 3.05) is 30.0 Å². The fraction of sp³-hybridized carbons (Fsp3) is 0.600. The van der Waals surface area contributed by atoms with Gasteiger partial charge in [0.05, 0.1) is 11.5 Å². The number of hydrogen-bond donors (Lipinski definition) is 1. The van der Waals surface area contributed by atoms with Gasteiger partial charge in [-0.05, 0) is 31.5 Å². The van der Waals surface area contributed by atoms with Crippen LogP contribution in [-0.4, -0.2) is 39.6 Å². The van der Waals surface area contributed by atoms with Crippen molar-refractivity contribution in [3.63, 3.8) is 0 Å². The van der Waals surface area contributed by atoms with E-state index in [0.29, 0.717) is 13.0 Å². The van der Waals surface area contributed by atoms with E-state index < -0.39 is 9.84 Å². The molecule has 1 saturated heterocycles. The van der Waals surface area contributed by atoms with Crippen molar-refractivity contribution < 1.29 is 8.42 Å². The van der Waals surface area contributed by atoms with E-state index in [2.05, 4.69) is 17.1 Å². The van der Waals surface area contributed by atoms with Crippen LogP contribution in [0.5, 0.6) is 0 Å².